The highest BCUT2D eigenvalue weighted by Crippen LogP contribution is 2.30. The van der Waals surface area contributed by atoms with Gasteiger partial charge in [-0.05, 0) is 6.42 Å². The third kappa shape index (κ3) is 4.83. The maximum absolute atomic E-state index is 8.92. The number of hydrogen-bond acceptors (Lipinski definition) is 9. The zero-order valence-corrected chi connectivity index (χ0v) is 14.6. The molecule has 2 aromatic heterocycles. The number of aliphatic hydroxyl groups is 1. The Balaban J connectivity index is 2.17. The fraction of sp³-hybridized carbons (Fsp3) is 0.438. The van der Waals surface area contributed by atoms with Crippen molar-refractivity contribution in [3.05, 3.63) is 24.2 Å². The van der Waals surface area contributed by atoms with E-state index in [4.69, 9.17) is 19.3 Å². The number of ether oxygens (including phenoxy) is 3. The molecule has 0 aromatic carbocycles. The highest BCUT2D eigenvalue weighted by atomic mass is 16.5. The first kappa shape index (κ1) is 18.5. The maximum Gasteiger partial charge on any atom is 0.224 e. The van der Waals surface area contributed by atoms with Crippen LogP contribution in [-0.4, -0.2) is 54.5 Å². The lowest BCUT2D eigenvalue weighted by atomic mass is 10.3. The van der Waals surface area contributed by atoms with Crippen LogP contribution >= 0.6 is 0 Å². The first-order chi connectivity index (χ1) is 12.2. The van der Waals surface area contributed by atoms with Crippen LogP contribution in [0, 0.1) is 0 Å². The number of pyridine rings is 1. The SMILES string of the molecule is CNc1ncc(OCc2nccc(OC)c2OC)c(NCCCO)n1. The summed E-state index contributed by atoms with van der Waals surface area (Å²) in [7, 11) is 4.85. The third-order valence-corrected chi connectivity index (χ3v) is 3.34. The summed E-state index contributed by atoms with van der Waals surface area (Å²) in [5, 5.41) is 14.9. The molecule has 2 aromatic rings. The van der Waals surface area contributed by atoms with Gasteiger partial charge >= 0.3 is 0 Å². The number of methoxy groups -OCH3 is 2. The Bertz CT molecular complexity index is 684. The molecule has 0 aliphatic carbocycles. The monoisotopic (exact) mass is 349 g/mol. The first-order valence-electron chi connectivity index (χ1n) is 7.81. The average molecular weight is 349 g/mol. The Morgan fingerprint density at radius 1 is 1.16 bits per heavy atom. The van der Waals surface area contributed by atoms with E-state index in [1.54, 1.807) is 39.7 Å². The predicted molar refractivity (Wildman–Crippen MR) is 93.4 cm³/mol. The molecule has 0 unspecified atom stereocenters. The molecule has 0 aliphatic rings. The van der Waals surface area contributed by atoms with E-state index >= 15 is 0 Å². The standard InChI is InChI=1S/C16H23N5O4/c1-17-16-20-9-13(15(21-16)19-6-4-8-22)25-10-11-14(24-3)12(23-2)5-7-18-11/h5,7,9,22H,4,6,8,10H2,1-3H3,(H2,17,19,20,21). The van der Waals surface area contributed by atoms with Gasteiger partial charge in [-0.3, -0.25) is 4.98 Å². The van der Waals surface area contributed by atoms with Crippen molar-refractivity contribution >= 4 is 11.8 Å². The fourth-order valence-electron chi connectivity index (χ4n) is 2.11. The van der Waals surface area contributed by atoms with Crippen molar-refractivity contribution in [3.63, 3.8) is 0 Å². The molecule has 25 heavy (non-hydrogen) atoms. The minimum absolute atomic E-state index is 0.0953. The van der Waals surface area contributed by atoms with Crippen molar-refractivity contribution < 1.29 is 19.3 Å². The van der Waals surface area contributed by atoms with Crippen LogP contribution in [-0.2, 0) is 6.61 Å². The second-order valence-corrected chi connectivity index (χ2v) is 4.94. The van der Waals surface area contributed by atoms with E-state index in [2.05, 4.69) is 25.6 Å². The molecule has 3 N–H and O–H groups in total. The maximum atomic E-state index is 8.92. The zero-order valence-electron chi connectivity index (χ0n) is 14.6. The van der Waals surface area contributed by atoms with Crippen LogP contribution in [0.25, 0.3) is 0 Å². The Labute approximate surface area is 146 Å². The molecule has 0 aliphatic heterocycles. The van der Waals surface area contributed by atoms with E-state index in [1.807, 2.05) is 0 Å². The number of aromatic nitrogens is 3. The van der Waals surface area contributed by atoms with Crippen LogP contribution in [0.3, 0.4) is 0 Å². The van der Waals surface area contributed by atoms with Crippen molar-refractivity contribution in [1.29, 1.82) is 0 Å². The van der Waals surface area contributed by atoms with Gasteiger partial charge < -0.3 is 30.0 Å². The quantitative estimate of drug-likeness (QED) is 0.547. The molecule has 9 nitrogen and oxygen atoms in total. The molecule has 0 spiro atoms. The second kappa shape index (κ2) is 9.48. The van der Waals surface area contributed by atoms with E-state index in [9.17, 15) is 0 Å². The van der Waals surface area contributed by atoms with Crippen molar-refractivity contribution in [2.75, 3.05) is 45.1 Å². The lowest BCUT2D eigenvalue weighted by Crippen LogP contribution is -2.10. The van der Waals surface area contributed by atoms with Crippen LogP contribution in [0.1, 0.15) is 12.1 Å². The summed E-state index contributed by atoms with van der Waals surface area (Å²) >= 11 is 0. The molecule has 2 rings (SSSR count). The van der Waals surface area contributed by atoms with Gasteiger partial charge in [0, 0.05) is 32.5 Å². The molecule has 0 saturated heterocycles. The number of nitrogens with zero attached hydrogens (tertiary/aromatic N) is 3. The van der Waals surface area contributed by atoms with Crippen molar-refractivity contribution in [1.82, 2.24) is 15.0 Å². The Kier molecular flexibility index (Phi) is 7.02. The largest absolute Gasteiger partial charge is 0.493 e. The van der Waals surface area contributed by atoms with Crippen LogP contribution in [0.5, 0.6) is 17.2 Å². The number of anilines is 2. The Hall–Kier alpha value is -2.81. The van der Waals surface area contributed by atoms with Gasteiger partial charge in [-0.2, -0.15) is 4.98 Å². The van der Waals surface area contributed by atoms with Gasteiger partial charge in [-0.1, -0.05) is 0 Å². The van der Waals surface area contributed by atoms with Crippen LogP contribution in [0.15, 0.2) is 18.5 Å². The van der Waals surface area contributed by atoms with Crippen molar-refractivity contribution in [2.45, 2.75) is 13.0 Å². The normalized spacial score (nSPS) is 10.2. The molecule has 0 radical (unpaired) electrons. The highest BCUT2D eigenvalue weighted by molar-refractivity contribution is 5.52. The topological polar surface area (TPSA) is 111 Å². The summed E-state index contributed by atoms with van der Waals surface area (Å²) in [6, 6.07) is 1.72. The van der Waals surface area contributed by atoms with Gasteiger partial charge in [0.1, 0.15) is 12.3 Å². The van der Waals surface area contributed by atoms with Crippen LogP contribution < -0.4 is 24.8 Å². The smallest absolute Gasteiger partial charge is 0.224 e. The van der Waals surface area contributed by atoms with Gasteiger partial charge in [0.2, 0.25) is 5.95 Å². The molecule has 0 fully saturated rings. The lowest BCUT2D eigenvalue weighted by molar-refractivity contribution is 0.283. The summed E-state index contributed by atoms with van der Waals surface area (Å²) < 4.78 is 16.4. The molecule has 136 valence electrons. The number of hydrogen-bond donors (Lipinski definition) is 3. The van der Waals surface area contributed by atoms with Crippen molar-refractivity contribution in [3.8, 4) is 17.2 Å². The van der Waals surface area contributed by atoms with E-state index in [-0.39, 0.29) is 13.2 Å². The Morgan fingerprint density at radius 3 is 2.68 bits per heavy atom. The minimum atomic E-state index is 0.0953. The summed E-state index contributed by atoms with van der Waals surface area (Å²) in [4.78, 5) is 12.8. The van der Waals surface area contributed by atoms with E-state index in [0.717, 1.165) is 0 Å². The van der Waals surface area contributed by atoms with Crippen molar-refractivity contribution in [2.24, 2.45) is 0 Å². The van der Waals surface area contributed by atoms with Gasteiger partial charge in [0.05, 0.1) is 20.4 Å². The summed E-state index contributed by atoms with van der Waals surface area (Å²) in [5.74, 6) is 2.58. The van der Waals surface area contributed by atoms with Crippen LogP contribution in [0.4, 0.5) is 11.8 Å². The molecule has 0 amide bonds. The molecule has 0 bridgehead atoms. The van der Waals surface area contributed by atoms with Gasteiger partial charge in [-0.25, -0.2) is 4.98 Å². The first-order valence-corrected chi connectivity index (χ1v) is 7.81. The third-order valence-electron chi connectivity index (χ3n) is 3.34. The zero-order chi connectivity index (χ0) is 18.1. The van der Waals surface area contributed by atoms with E-state index in [1.165, 1.54) is 0 Å². The fourth-order valence-corrected chi connectivity index (χ4v) is 2.11. The van der Waals surface area contributed by atoms with E-state index < -0.39 is 0 Å². The predicted octanol–water partition coefficient (Wildman–Crippen LogP) is 1.30. The molecule has 0 atom stereocenters. The average Bonchev–Trinajstić information content (AvgIpc) is 2.66. The summed E-state index contributed by atoms with van der Waals surface area (Å²) in [5.41, 5.74) is 0.598. The van der Waals surface area contributed by atoms with Gasteiger partial charge in [0.15, 0.2) is 23.1 Å². The molecular weight excluding hydrogens is 326 g/mol. The summed E-state index contributed by atoms with van der Waals surface area (Å²) in [6.07, 6.45) is 3.80. The lowest BCUT2D eigenvalue weighted by Gasteiger charge is -2.15. The van der Waals surface area contributed by atoms with Gasteiger partial charge in [-0.15, -0.1) is 0 Å². The molecule has 9 heteroatoms. The minimum Gasteiger partial charge on any atom is -0.493 e. The summed E-state index contributed by atoms with van der Waals surface area (Å²) in [6.45, 7) is 0.823. The Morgan fingerprint density at radius 2 is 2.00 bits per heavy atom. The second-order valence-electron chi connectivity index (χ2n) is 4.94. The number of aliphatic hydroxyl groups excluding tert-OH is 1. The van der Waals surface area contributed by atoms with Gasteiger partial charge in [0.25, 0.3) is 0 Å². The molecular formula is C16H23N5O4. The molecule has 0 saturated carbocycles. The highest BCUT2D eigenvalue weighted by Gasteiger charge is 2.14. The van der Waals surface area contributed by atoms with Crippen LogP contribution in [0.2, 0.25) is 0 Å². The number of rotatable bonds is 10. The number of nitrogens with one attached hydrogen (secondary N) is 2. The van der Waals surface area contributed by atoms with E-state index in [0.29, 0.717) is 47.7 Å². The molecule has 2 heterocycles.